The summed E-state index contributed by atoms with van der Waals surface area (Å²) in [6.07, 6.45) is 0.364. The van der Waals surface area contributed by atoms with Gasteiger partial charge >= 0.3 is 5.97 Å². The molecule has 0 saturated heterocycles. The number of aromatic nitrogens is 1. The monoisotopic (exact) mass is 264 g/mol. The molecule has 0 aliphatic rings. The van der Waals surface area contributed by atoms with Crippen molar-refractivity contribution in [3.8, 4) is 0 Å². The lowest BCUT2D eigenvalue weighted by molar-refractivity contribution is -0.142. The number of aryl methyl sites for hydroxylation is 1. The van der Waals surface area contributed by atoms with Gasteiger partial charge in [-0.2, -0.15) is 0 Å². The number of hydrogen-bond donors (Lipinski definition) is 1. The molecular formula is C13H16N2O2S. The van der Waals surface area contributed by atoms with Crippen LogP contribution < -0.4 is 5.32 Å². The van der Waals surface area contributed by atoms with E-state index in [-0.39, 0.29) is 5.97 Å². The highest BCUT2D eigenvalue weighted by atomic mass is 32.1. The van der Waals surface area contributed by atoms with Gasteiger partial charge in [0.15, 0.2) is 5.13 Å². The van der Waals surface area contributed by atoms with Crippen LogP contribution in [0.1, 0.15) is 18.9 Å². The maximum atomic E-state index is 11.2. The largest absolute Gasteiger partial charge is 0.466 e. The molecule has 0 aliphatic heterocycles. The zero-order valence-corrected chi connectivity index (χ0v) is 11.3. The molecule has 4 nitrogen and oxygen atoms in total. The van der Waals surface area contributed by atoms with E-state index in [0.717, 1.165) is 15.3 Å². The molecule has 96 valence electrons. The molecule has 5 heteroatoms. The Morgan fingerprint density at radius 2 is 2.33 bits per heavy atom. The molecule has 0 atom stereocenters. The number of esters is 1. The zero-order valence-electron chi connectivity index (χ0n) is 10.5. The third-order valence-corrected chi connectivity index (χ3v) is 3.43. The molecule has 0 fully saturated rings. The van der Waals surface area contributed by atoms with Gasteiger partial charge in [-0.25, -0.2) is 4.98 Å². The number of fused-ring (bicyclic) bond motifs is 1. The average molecular weight is 264 g/mol. The summed E-state index contributed by atoms with van der Waals surface area (Å²) in [6, 6.07) is 6.17. The normalized spacial score (nSPS) is 10.6. The minimum atomic E-state index is -0.179. The van der Waals surface area contributed by atoms with Crippen molar-refractivity contribution in [2.75, 3.05) is 18.5 Å². The molecule has 2 aromatic rings. The van der Waals surface area contributed by atoms with Crippen LogP contribution in [0.2, 0.25) is 0 Å². The van der Waals surface area contributed by atoms with Crippen molar-refractivity contribution < 1.29 is 9.53 Å². The first-order valence-corrected chi connectivity index (χ1v) is 6.77. The summed E-state index contributed by atoms with van der Waals surface area (Å²) in [5, 5.41) is 4.00. The van der Waals surface area contributed by atoms with Gasteiger partial charge in [-0.15, -0.1) is 0 Å². The van der Waals surface area contributed by atoms with E-state index in [9.17, 15) is 4.79 Å². The number of carbonyl (C=O) groups excluding carboxylic acids is 1. The first kappa shape index (κ1) is 12.8. The maximum Gasteiger partial charge on any atom is 0.307 e. The lowest BCUT2D eigenvalue weighted by Crippen LogP contribution is -2.11. The van der Waals surface area contributed by atoms with Gasteiger partial charge in [-0.05, 0) is 31.5 Å². The molecule has 1 aromatic carbocycles. The minimum Gasteiger partial charge on any atom is -0.466 e. The van der Waals surface area contributed by atoms with E-state index >= 15 is 0 Å². The predicted molar refractivity (Wildman–Crippen MR) is 74.1 cm³/mol. The summed E-state index contributed by atoms with van der Waals surface area (Å²) in [5.74, 6) is -0.179. The van der Waals surface area contributed by atoms with Gasteiger partial charge in [-0.3, -0.25) is 4.79 Å². The Morgan fingerprint density at radius 3 is 3.11 bits per heavy atom. The zero-order chi connectivity index (χ0) is 13.0. The van der Waals surface area contributed by atoms with Gasteiger partial charge in [-0.1, -0.05) is 17.4 Å². The Kier molecular flexibility index (Phi) is 4.15. The van der Waals surface area contributed by atoms with Crippen LogP contribution in [0.15, 0.2) is 18.2 Å². The third-order valence-electron chi connectivity index (χ3n) is 2.45. The van der Waals surface area contributed by atoms with Gasteiger partial charge in [0.1, 0.15) is 0 Å². The standard InChI is InChI=1S/C13H16N2O2S/c1-3-17-12(16)6-7-14-13-15-10-5-4-9(2)8-11(10)18-13/h4-5,8H,3,6-7H2,1-2H3,(H,14,15). The van der Waals surface area contributed by atoms with E-state index < -0.39 is 0 Å². The highest BCUT2D eigenvalue weighted by Crippen LogP contribution is 2.26. The first-order chi connectivity index (χ1) is 8.69. The van der Waals surface area contributed by atoms with Crippen LogP contribution >= 0.6 is 11.3 Å². The van der Waals surface area contributed by atoms with Crippen molar-refractivity contribution in [3.05, 3.63) is 23.8 Å². The second-order valence-corrected chi connectivity index (χ2v) is 5.00. The average Bonchev–Trinajstić information content (AvgIpc) is 2.71. The summed E-state index contributed by atoms with van der Waals surface area (Å²) in [5.41, 5.74) is 2.22. The van der Waals surface area contributed by atoms with E-state index in [1.807, 2.05) is 12.1 Å². The number of anilines is 1. The summed E-state index contributed by atoms with van der Waals surface area (Å²) < 4.78 is 6.02. The van der Waals surface area contributed by atoms with Crippen molar-refractivity contribution in [3.63, 3.8) is 0 Å². The first-order valence-electron chi connectivity index (χ1n) is 5.95. The Balaban J connectivity index is 1.94. The van der Waals surface area contributed by atoms with E-state index in [0.29, 0.717) is 19.6 Å². The number of benzene rings is 1. The molecule has 18 heavy (non-hydrogen) atoms. The Hall–Kier alpha value is -1.62. The number of nitrogens with one attached hydrogen (secondary N) is 1. The minimum absolute atomic E-state index is 0.179. The second-order valence-electron chi connectivity index (χ2n) is 3.97. The Bertz CT molecular complexity index is 551. The summed E-state index contributed by atoms with van der Waals surface area (Å²) in [7, 11) is 0. The Morgan fingerprint density at radius 1 is 1.50 bits per heavy atom. The second kappa shape index (κ2) is 5.82. The number of hydrogen-bond acceptors (Lipinski definition) is 5. The molecule has 0 amide bonds. The van der Waals surface area contributed by atoms with E-state index in [1.54, 1.807) is 18.3 Å². The van der Waals surface area contributed by atoms with Gasteiger partial charge in [0.05, 0.1) is 23.2 Å². The van der Waals surface area contributed by atoms with Gasteiger partial charge in [0.2, 0.25) is 0 Å². The number of nitrogens with zero attached hydrogens (tertiary/aromatic N) is 1. The molecule has 1 aromatic heterocycles. The highest BCUT2D eigenvalue weighted by Gasteiger charge is 2.05. The third kappa shape index (κ3) is 3.20. The lowest BCUT2D eigenvalue weighted by atomic mass is 10.2. The Labute approximate surface area is 110 Å². The van der Waals surface area contributed by atoms with Crippen LogP contribution in [0.25, 0.3) is 10.2 Å². The van der Waals surface area contributed by atoms with Crippen LogP contribution in [-0.4, -0.2) is 24.1 Å². The fraction of sp³-hybridized carbons (Fsp3) is 0.385. The smallest absolute Gasteiger partial charge is 0.307 e. The number of carbonyl (C=O) groups is 1. The molecular weight excluding hydrogens is 248 g/mol. The highest BCUT2D eigenvalue weighted by molar-refractivity contribution is 7.22. The molecule has 1 heterocycles. The number of thiazole rings is 1. The summed E-state index contributed by atoms with van der Waals surface area (Å²) in [6.45, 7) is 4.85. The van der Waals surface area contributed by atoms with Crippen LogP contribution in [-0.2, 0) is 9.53 Å². The maximum absolute atomic E-state index is 11.2. The number of ether oxygens (including phenoxy) is 1. The van der Waals surface area contributed by atoms with Crippen molar-refractivity contribution in [1.29, 1.82) is 0 Å². The quantitative estimate of drug-likeness (QED) is 0.843. The summed E-state index contributed by atoms with van der Waals surface area (Å²) >= 11 is 1.60. The summed E-state index contributed by atoms with van der Waals surface area (Å²) in [4.78, 5) is 15.6. The fourth-order valence-corrected chi connectivity index (χ4v) is 2.60. The molecule has 0 aliphatic carbocycles. The molecule has 2 rings (SSSR count). The van der Waals surface area contributed by atoms with Crippen LogP contribution in [0.4, 0.5) is 5.13 Å². The SMILES string of the molecule is CCOC(=O)CCNc1nc2ccc(C)cc2s1. The molecule has 0 bridgehead atoms. The van der Waals surface area contributed by atoms with Crippen LogP contribution in [0.5, 0.6) is 0 Å². The molecule has 0 unspecified atom stereocenters. The topological polar surface area (TPSA) is 51.2 Å². The number of rotatable bonds is 5. The molecule has 0 saturated carbocycles. The van der Waals surface area contributed by atoms with Crippen molar-refractivity contribution >= 4 is 32.7 Å². The molecule has 0 radical (unpaired) electrons. The van der Waals surface area contributed by atoms with Gasteiger partial charge in [0.25, 0.3) is 0 Å². The van der Waals surface area contributed by atoms with E-state index in [2.05, 4.69) is 23.3 Å². The van der Waals surface area contributed by atoms with Crippen LogP contribution in [0.3, 0.4) is 0 Å². The van der Waals surface area contributed by atoms with E-state index in [4.69, 9.17) is 4.74 Å². The van der Waals surface area contributed by atoms with Crippen LogP contribution in [0, 0.1) is 6.92 Å². The van der Waals surface area contributed by atoms with Crippen molar-refractivity contribution in [2.24, 2.45) is 0 Å². The van der Waals surface area contributed by atoms with Gasteiger partial charge in [0, 0.05) is 6.54 Å². The molecule has 0 spiro atoms. The predicted octanol–water partition coefficient (Wildman–Crippen LogP) is 2.97. The van der Waals surface area contributed by atoms with Gasteiger partial charge < -0.3 is 10.1 Å². The fourth-order valence-electron chi connectivity index (χ4n) is 1.61. The van der Waals surface area contributed by atoms with Crippen molar-refractivity contribution in [1.82, 2.24) is 4.98 Å². The lowest BCUT2D eigenvalue weighted by Gasteiger charge is -2.02. The van der Waals surface area contributed by atoms with E-state index in [1.165, 1.54) is 5.56 Å². The van der Waals surface area contributed by atoms with Crippen molar-refractivity contribution in [2.45, 2.75) is 20.3 Å². The molecule has 1 N–H and O–H groups in total.